The zero-order chi connectivity index (χ0) is 12.1. The van der Waals surface area contributed by atoms with Gasteiger partial charge in [-0.05, 0) is 25.5 Å². The Kier molecular flexibility index (Phi) is 4.02. The van der Waals surface area contributed by atoms with Gasteiger partial charge in [0.25, 0.3) is 0 Å². The number of nitrogens with zero attached hydrogens (tertiary/aromatic N) is 2. The molecule has 0 bridgehead atoms. The fraction of sp³-hybridized carbons (Fsp3) is 0.500. The van der Waals surface area contributed by atoms with Crippen LogP contribution in [0.2, 0.25) is 0 Å². The van der Waals surface area contributed by atoms with Crippen molar-refractivity contribution in [1.82, 2.24) is 9.55 Å². The molecule has 0 aliphatic rings. The summed E-state index contributed by atoms with van der Waals surface area (Å²) >= 11 is 0. The number of benzene rings is 1. The van der Waals surface area contributed by atoms with Gasteiger partial charge < -0.3 is 9.88 Å². The van der Waals surface area contributed by atoms with Gasteiger partial charge in [0, 0.05) is 13.1 Å². The van der Waals surface area contributed by atoms with Gasteiger partial charge in [-0.25, -0.2) is 4.98 Å². The zero-order valence-corrected chi connectivity index (χ0v) is 10.7. The third kappa shape index (κ3) is 2.60. The minimum atomic E-state index is 0.914. The third-order valence-electron chi connectivity index (χ3n) is 2.97. The molecular weight excluding hydrogens is 210 g/mol. The lowest BCUT2D eigenvalue weighted by molar-refractivity contribution is 0.616. The van der Waals surface area contributed by atoms with Crippen LogP contribution >= 0.6 is 0 Å². The predicted octanol–water partition coefficient (Wildman–Crippen LogP) is 3.66. The van der Waals surface area contributed by atoms with Crippen molar-refractivity contribution in [1.29, 1.82) is 0 Å². The minimum absolute atomic E-state index is 0.914. The molecule has 0 fully saturated rings. The molecule has 0 saturated carbocycles. The van der Waals surface area contributed by atoms with Gasteiger partial charge in [-0.3, -0.25) is 0 Å². The summed E-state index contributed by atoms with van der Waals surface area (Å²) in [4.78, 5) is 4.63. The van der Waals surface area contributed by atoms with Gasteiger partial charge in [-0.15, -0.1) is 0 Å². The van der Waals surface area contributed by atoms with E-state index in [0.29, 0.717) is 0 Å². The second-order valence-corrected chi connectivity index (χ2v) is 4.31. The third-order valence-corrected chi connectivity index (χ3v) is 2.97. The van der Waals surface area contributed by atoms with Crippen molar-refractivity contribution in [2.24, 2.45) is 0 Å². The molecule has 1 aromatic carbocycles. The number of rotatable bonds is 6. The lowest BCUT2D eigenvalue weighted by Crippen LogP contribution is -2.07. The Balaban J connectivity index is 2.30. The van der Waals surface area contributed by atoms with Crippen LogP contribution in [0.4, 0.5) is 5.95 Å². The summed E-state index contributed by atoms with van der Waals surface area (Å²) in [6, 6.07) is 8.35. The van der Waals surface area contributed by atoms with Gasteiger partial charge in [0.05, 0.1) is 11.0 Å². The molecular formula is C14H21N3. The molecule has 2 rings (SSSR count). The van der Waals surface area contributed by atoms with Crippen LogP contribution < -0.4 is 5.32 Å². The quantitative estimate of drug-likeness (QED) is 0.769. The number of aryl methyl sites for hydroxylation is 1. The van der Waals surface area contributed by atoms with Gasteiger partial charge in [-0.2, -0.15) is 0 Å². The van der Waals surface area contributed by atoms with Crippen LogP contribution in [0.25, 0.3) is 11.0 Å². The van der Waals surface area contributed by atoms with Crippen LogP contribution in [0, 0.1) is 0 Å². The van der Waals surface area contributed by atoms with E-state index in [-0.39, 0.29) is 0 Å². The highest BCUT2D eigenvalue weighted by atomic mass is 15.2. The Hall–Kier alpha value is -1.51. The van der Waals surface area contributed by atoms with Gasteiger partial charge >= 0.3 is 0 Å². The predicted molar refractivity (Wildman–Crippen MR) is 73.4 cm³/mol. The molecule has 0 aliphatic carbocycles. The van der Waals surface area contributed by atoms with Crippen molar-refractivity contribution in [3.05, 3.63) is 24.3 Å². The number of imidazole rings is 1. The molecule has 0 atom stereocenters. The van der Waals surface area contributed by atoms with Crippen LogP contribution in [0.3, 0.4) is 0 Å². The van der Waals surface area contributed by atoms with Crippen molar-refractivity contribution in [2.45, 2.75) is 39.7 Å². The van der Waals surface area contributed by atoms with Crippen molar-refractivity contribution >= 4 is 17.0 Å². The first kappa shape index (κ1) is 12.0. The molecule has 3 heteroatoms. The first-order chi connectivity index (χ1) is 8.36. The molecule has 0 aliphatic heterocycles. The van der Waals surface area contributed by atoms with Crippen molar-refractivity contribution in [3.8, 4) is 0 Å². The van der Waals surface area contributed by atoms with E-state index in [0.717, 1.165) is 24.6 Å². The second-order valence-electron chi connectivity index (χ2n) is 4.31. The standard InChI is InChI=1S/C14H21N3/c1-3-5-8-11-17-13-10-7-6-9-12(13)16-14(17)15-4-2/h6-7,9-10H,3-5,8,11H2,1-2H3,(H,15,16). The second kappa shape index (κ2) is 5.71. The maximum Gasteiger partial charge on any atom is 0.203 e. The van der Waals surface area contributed by atoms with Gasteiger partial charge in [-0.1, -0.05) is 31.9 Å². The number of anilines is 1. The summed E-state index contributed by atoms with van der Waals surface area (Å²) in [6.07, 6.45) is 3.75. The van der Waals surface area contributed by atoms with Crippen LogP contribution in [0.1, 0.15) is 33.1 Å². The van der Waals surface area contributed by atoms with E-state index in [1.54, 1.807) is 0 Å². The van der Waals surface area contributed by atoms with E-state index >= 15 is 0 Å². The molecule has 3 nitrogen and oxygen atoms in total. The Morgan fingerprint density at radius 1 is 1.18 bits per heavy atom. The topological polar surface area (TPSA) is 29.9 Å². The number of aromatic nitrogens is 2. The van der Waals surface area contributed by atoms with Crippen molar-refractivity contribution < 1.29 is 0 Å². The minimum Gasteiger partial charge on any atom is -0.356 e. The van der Waals surface area contributed by atoms with E-state index in [9.17, 15) is 0 Å². The Morgan fingerprint density at radius 2 is 2.00 bits per heavy atom. The molecule has 1 aromatic heterocycles. The fourth-order valence-corrected chi connectivity index (χ4v) is 2.11. The van der Waals surface area contributed by atoms with E-state index in [1.807, 2.05) is 6.07 Å². The van der Waals surface area contributed by atoms with Crippen LogP contribution in [-0.2, 0) is 6.54 Å². The largest absolute Gasteiger partial charge is 0.356 e. The summed E-state index contributed by atoms with van der Waals surface area (Å²) in [5, 5.41) is 3.34. The van der Waals surface area contributed by atoms with E-state index < -0.39 is 0 Å². The van der Waals surface area contributed by atoms with Crippen LogP contribution in [0.15, 0.2) is 24.3 Å². The molecule has 0 saturated heterocycles. The Bertz CT molecular complexity index is 473. The van der Waals surface area contributed by atoms with Crippen molar-refractivity contribution in [2.75, 3.05) is 11.9 Å². The highest BCUT2D eigenvalue weighted by Gasteiger charge is 2.08. The highest BCUT2D eigenvalue weighted by Crippen LogP contribution is 2.20. The molecule has 0 amide bonds. The lowest BCUT2D eigenvalue weighted by Gasteiger charge is -2.09. The average molecular weight is 231 g/mol. The summed E-state index contributed by atoms with van der Waals surface area (Å²) < 4.78 is 2.30. The molecule has 17 heavy (non-hydrogen) atoms. The first-order valence-corrected chi connectivity index (χ1v) is 6.56. The van der Waals surface area contributed by atoms with Gasteiger partial charge in [0.2, 0.25) is 5.95 Å². The van der Waals surface area contributed by atoms with Crippen LogP contribution in [-0.4, -0.2) is 16.1 Å². The van der Waals surface area contributed by atoms with Gasteiger partial charge in [0.15, 0.2) is 0 Å². The zero-order valence-electron chi connectivity index (χ0n) is 10.7. The van der Waals surface area contributed by atoms with Crippen LogP contribution in [0.5, 0.6) is 0 Å². The Labute approximate surface area is 103 Å². The summed E-state index contributed by atoms with van der Waals surface area (Å²) in [5.41, 5.74) is 2.32. The fourth-order valence-electron chi connectivity index (χ4n) is 2.11. The molecule has 0 spiro atoms. The van der Waals surface area contributed by atoms with E-state index in [1.165, 1.54) is 24.8 Å². The lowest BCUT2D eigenvalue weighted by atomic mass is 10.2. The molecule has 0 unspecified atom stereocenters. The number of hydrogen-bond donors (Lipinski definition) is 1. The van der Waals surface area contributed by atoms with Crippen molar-refractivity contribution in [3.63, 3.8) is 0 Å². The van der Waals surface area contributed by atoms with E-state index in [2.05, 4.69) is 46.9 Å². The average Bonchev–Trinajstić information content (AvgIpc) is 2.69. The SMILES string of the molecule is CCCCCn1c(NCC)nc2ccccc21. The number of fused-ring (bicyclic) bond motifs is 1. The van der Waals surface area contributed by atoms with Gasteiger partial charge in [0.1, 0.15) is 0 Å². The molecule has 1 N–H and O–H groups in total. The maximum absolute atomic E-state index is 4.63. The molecule has 2 aromatic rings. The smallest absolute Gasteiger partial charge is 0.203 e. The van der Waals surface area contributed by atoms with E-state index in [4.69, 9.17) is 0 Å². The highest BCUT2D eigenvalue weighted by molar-refractivity contribution is 5.78. The summed E-state index contributed by atoms with van der Waals surface area (Å²) in [6.45, 7) is 6.31. The molecule has 92 valence electrons. The number of nitrogens with one attached hydrogen (secondary N) is 1. The number of unbranched alkanes of at least 4 members (excludes halogenated alkanes) is 2. The molecule has 1 heterocycles. The normalized spacial score (nSPS) is 10.9. The maximum atomic E-state index is 4.63. The Morgan fingerprint density at radius 3 is 2.76 bits per heavy atom. The summed E-state index contributed by atoms with van der Waals surface area (Å²) in [5.74, 6) is 1.00. The first-order valence-electron chi connectivity index (χ1n) is 6.56. The number of para-hydroxylation sites is 2. The summed E-state index contributed by atoms with van der Waals surface area (Å²) in [7, 11) is 0. The number of hydrogen-bond acceptors (Lipinski definition) is 2. The molecule has 0 radical (unpaired) electrons. The monoisotopic (exact) mass is 231 g/mol.